The van der Waals surface area contributed by atoms with Crippen molar-refractivity contribution in [1.29, 1.82) is 0 Å². The van der Waals surface area contributed by atoms with Gasteiger partial charge in [0.1, 0.15) is 11.3 Å². The summed E-state index contributed by atoms with van der Waals surface area (Å²) in [6.07, 6.45) is 4.72. The average Bonchev–Trinajstić information content (AvgIpc) is 3.29. The summed E-state index contributed by atoms with van der Waals surface area (Å²) in [6, 6.07) is 12.6. The van der Waals surface area contributed by atoms with Crippen molar-refractivity contribution in [3.05, 3.63) is 73.3 Å². The number of aromatic nitrogens is 3. The minimum atomic E-state index is -0.356. The minimum Gasteiger partial charge on any atom is -0.369 e. The van der Waals surface area contributed by atoms with Gasteiger partial charge in [0.05, 0.1) is 17.4 Å². The first-order chi connectivity index (χ1) is 17.0. The van der Waals surface area contributed by atoms with Gasteiger partial charge in [-0.25, -0.2) is 14.4 Å². The van der Waals surface area contributed by atoms with Crippen LogP contribution in [0.1, 0.15) is 0 Å². The summed E-state index contributed by atoms with van der Waals surface area (Å²) in [7, 11) is 2.09. The fourth-order valence-electron chi connectivity index (χ4n) is 4.14. The predicted octanol–water partition coefficient (Wildman–Crippen LogP) is 4.38. The topological polar surface area (TPSA) is 89.2 Å². The molecule has 0 saturated carbocycles. The Morgan fingerprint density at radius 2 is 2.00 bits per heavy atom. The SMILES string of the molecule is C=CC(=O)Nc1cccc(-c2c[nH]c3cnc(Nc4ccc(N5CCN(C)CC5)cc4F)nc23)c1. The second-order valence-corrected chi connectivity index (χ2v) is 8.51. The fraction of sp³-hybridized carbons (Fsp3) is 0.192. The maximum Gasteiger partial charge on any atom is 0.247 e. The van der Waals surface area contributed by atoms with Crippen LogP contribution in [0.2, 0.25) is 0 Å². The number of carbonyl (C=O) groups excluding carboxylic acids is 1. The lowest BCUT2D eigenvalue weighted by atomic mass is 10.1. The summed E-state index contributed by atoms with van der Waals surface area (Å²) in [5.74, 6) is -0.346. The van der Waals surface area contributed by atoms with Gasteiger partial charge in [-0.2, -0.15) is 0 Å². The Morgan fingerprint density at radius 1 is 1.17 bits per heavy atom. The van der Waals surface area contributed by atoms with Crippen LogP contribution in [0.25, 0.3) is 22.2 Å². The first-order valence-corrected chi connectivity index (χ1v) is 11.4. The number of nitrogens with one attached hydrogen (secondary N) is 3. The molecule has 1 aliphatic rings. The molecule has 1 aliphatic heterocycles. The highest BCUT2D eigenvalue weighted by Crippen LogP contribution is 2.30. The Morgan fingerprint density at radius 3 is 2.77 bits per heavy atom. The molecule has 9 heteroatoms. The molecule has 0 aliphatic carbocycles. The third kappa shape index (κ3) is 4.85. The van der Waals surface area contributed by atoms with E-state index in [2.05, 4.69) is 49.0 Å². The number of fused-ring (bicyclic) bond motifs is 1. The maximum absolute atomic E-state index is 14.9. The summed E-state index contributed by atoms with van der Waals surface area (Å²) >= 11 is 0. The zero-order valence-corrected chi connectivity index (χ0v) is 19.4. The number of carbonyl (C=O) groups is 1. The van der Waals surface area contributed by atoms with Gasteiger partial charge in [0, 0.05) is 49.3 Å². The van der Waals surface area contributed by atoms with E-state index in [1.165, 1.54) is 6.08 Å². The number of hydrogen-bond acceptors (Lipinski definition) is 6. The van der Waals surface area contributed by atoms with E-state index in [9.17, 15) is 9.18 Å². The zero-order valence-electron chi connectivity index (χ0n) is 19.4. The molecule has 0 spiro atoms. The standard InChI is InChI=1S/C26H26FN7O/c1-3-24(35)30-18-6-4-5-17(13-18)20-15-28-23-16-29-26(32-25(20)23)31-22-8-7-19(14-21(22)27)34-11-9-33(2)10-12-34/h3-8,13-16,28H,1,9-12H2,2H3,(H,30,35)(H,29,31,32). The molecule has 1 saturated heterocycles. The molecule has 2 aromatic carbocycles. The van der Waals surface area contributed by atoms with Gasteiger partial charge >= 0.3 is 0 Å². The molecule has 35 heavy (non-hydrogen) atoms. The van der Waals surface area contributed by atoms with Crippen LogP contribution >= 0.6 is 0 Å². The lowest BCUT2D eigenvalue weighted by Gasteiger charge is -2.34. The van der Waals surface area contributed by atoms with E-state index >= 15 is 0 Å². The second-order valence-electron chi connectivity index (χ2n) is 8.51. The first kappa shape index (κ1) is 22.5. The number of likely N-dealkylation sites (N-methyl/N-ethyl adjacent to an activating group) is 1. The molecule has 8 nitrogen and oxygen atoms in total. The van der Waals surface area contributed by atoms with E-state index < -0.39 is 0 Å². The molecule has 1 amide bonds. The van der Waals surface area contributed by atoms with Crippen molar-refractivity contribution in [2.45, 2.75) is 0 Å². The molecule has 1 fully saturated rings. The van der Waals surface area contributed by atoms with Crippen molar-refractivity contribution in [3.63, 3.8) is 0 Å². The second kappa shape index (κ2) is 9.55. The van der Waals surface area contributed by atoms with Crippen LogP contribution in [0.5, 0.6) is 0 Å². The molecule has 3 heterocycles. The van der Waals surface area contributed by atoms with Crippen LogP contribution in [-0.4, -0.2) is 59.0 Å². The molecule has 0 atom stereocenters. The monoisotopic (exact) mass is 471 g/mol. The van der Waals surface area contributed by atoms with Crippen LogP contribution in [0.4, 0.5) is 27.4 Å². The number of halogens is 1. The van der Waals surface area contributed by atoms with Gasteiger partial charge in [-0.3, -0.25) is 4.79 Å². The Balaban J connectivity index is 1.39. The Labute approximate surface area is 202 Å². The van der Waals surface area contributed by atoms with Crippen LogP contribution in [0.3, 0.4) is 0 Å². The molecule has 3 N–H and O–H groups in total. The first-order valence-electron chi connectivity index (χ1n) is 11.4. The highest BCUT2D eigenvalue weighted by Gasteiger charge is 2.16. The molecule has 0 radical (unpaired) electrons. The van der Waals surface area contributed by atoms with E-state index in [1.54, 1.807) is 24.4 Å². The summed E-state index contributed by atoms with van der Waals surface area (Å²) in [5, 5.41) is 5.77. The normalized spacial score (nSPS) is 14.2. The number of hydrogen-bond donors (Lipinski definition) is 3. The summed E-state index contributed by atoms with van der Waals surface area (Å²) < 4.78 is 14.9. The van der Waals surface area contributed by atoms with E-state index in [0.29, 0.717) is 22.8 Å². The Bertz CT molecular complexity index is 1390. The average molecular weight is 472 g/mol. The molecule has 5 rings (SSSR count). The van der Waals surface area contributed by atoms with E-state index in [0.717, 1.165) is 48.5 Å². The maximum atomic E-state index is 14.9. The van der Waals surface area contributed by atoms with Crippen LogP contribution < -0.4 is 15.5 Å². The number of amides is 1. The number of H-pyrrole nitrogens is 1. The summed E-state index contributed by atoms with van der Waals surface area (Å²) in [4.78, 5) is 28.3. The summed E-state index contributed by atoms with van der Waals surface area (Å²) in [5.41, 5.74) is 4.97. The smallest absolute Gasteiger partial charge is 0.247 e. The number of benzene rings is 2. The largest absolute Gasteiger partial charge is 0.369 e. The van der Waals surface area contributed by atoms with Crippen LogP contribution in [0.15, 0.2) is 67.5 Å². The Kier molecular flexibility index (Phi) is 6.15. The number of rotatable bonds is 6. The minimum absolute atomic E-state index is 0.282. The Hall–Kier alpha value is -4.24. The quantitative estimate of drug-likeness (QED) is 0.362. The lowest BCUT2D eigenvalue weighted by Crippen LogP contribution is -2.44. The molecular weight excluding hydrogens is 445 g/mol. The van der Waals surface area contributed by atoms with Crippen molar-refractivity contribution < 1.29 is 9.18 Å². The zero-order chi connectivity index (χ0) is 24.4. The van der Waals surface area contributed by atoms with Crippen LogP contribution in [0, 0.1) is 5.82 Å². The van der Waals surface area contributed by atoms with Crippen molar-refractivity contribution >= 4 is 40.0 Å². The highest BCUT2D eigenvalue weighted by molar-refractivity contribution is 6.00. The van der Waals surface area contributed by atoms with Gasteiger partial charge < -0.3 is 25.4 Å². The number of nitrogens with zero attached hydrogens (tertiary/aromatic N) is 4. The van der Waals surface area contributed by atoms with Crippen LogP contribution in [-0.2, 0) is 4.79 Å². The van der Waals surface area contributed by atoms with E-state index in [4.69, 9.17) is 0 Å². The van der Waals surface area contributed by atoms with Crippen molar-refractivity contribution in [1.82, 2.24) is 19.9 Å². The molecule has 0 bridgehead atoms. The lowest BCUT2D eigenvalue weighted by molar-refractivity contribution is -0.111. The van der Waals surface area contributed by atoms with Crippen molar-refractivity contribution in [3.8, 4) is 11.1 Å². The van der Waals surface area contributed by atoms with Gasteiger partial charge in [0.25, 0.3) is 0 Å². The van der Waals surface area contributed by atoms with Gasteiger partial charge in [-0.05, 0) is 49.0 Å². The third-order valence-electron chi connectivity index (χ3n) is 6.11. The molecule has 178 valence electrons. The highest BCUT2D eigenvalue weighted by atomic mass is 19.1. The van der Waals surface area contributed by atoms with Gasteiger partial charge in [-0.15, -0.1) is 0 Å². The summed E-state index contributed by atoms with van der Waals surface area (Å²) in [6.45, 7) is 7.14. The number of anilines is 4. The van der Waals surface area contributed by atoms with E-state index in [1.807, 2.05) is 30.5 Å². The van der Waals surface area contributed by atoms with Crippen molar-refractivity contribution in [2.75, 3.05) is 48.8 Å². The fourth-order valence-corrected chi connectivity index (χ4v) is 4.14. The number of aromatic amines is 1. The van der Waals surface area contributed by atoms with Gasteiger partial charge in [0.15, 0.2) is 0 Å². The van der Waals surface area contributed by atoms with Gasteiger partial charge in [-0.1, -0.05) is 18.7 Å². The van der Waals surface area contributed by atoms with E-state index in [-0.39, 0.29) is 11.7 Å². The van der Waals surface area contributed by atoms with Crippen molar-refractivity contribution in [2.24, 2.45) is 0 Å². The molecule has 0 unspecified atom stereocenters. The molecular formula is C26H26FN7O. The molecule has 2 aromatic heterocycles. The molecule has 4 aromatic rings. The van der Waals surface area contributed by atoms with Gasteiger partial charge in [0.2, 0.25) is 11.9 Å². The third-order valence-corrected chi connectivity index (χ3v) is 6.11. The predicted molar refractivity (Wildman–Crippen MR) is 138 cm³/mol. The number of piperazine rings is 1.